The monoisotopic (exact) mass is 310 g/mol. The van der Waals surface area contributed by atoms with Gasteiger partial charge in [0.1, 0.15) is 0 Å². The molecular formula is C15H23ClN4O. The molecule has 1 saturated heterocycles. The first-order valence-electron chi connectivity index (χ1n) is 7.38. The number of hydrogen-bond donors (Lipinski definition) is 1. The third-order valence-corrected chi connectivity index (χ3v) is 4.06. The van der Waals surface area contributed by atoms with E-state index in [1.54, 1.807) is 12.4 Å². The fraction of sp³-hybridized carbons (Fsp3) is 0.600. The van der Waals surface area contributed by atoms with E-state index in [0.717, 1.165) is 31.9 Å². The van der Waals surface area contributed by atoms with Gasteiger partial charge in [0.2, 0.25) is 5.91 Å². The molecule has 116 valence electrons. The molecule has 0 aromatic carbocycles. The van der Waals surface area contributed by atoms with Gasteiger partial charge >= 0.3 is 0 Å². The molecular weight excluding hydrogens is 288 g/mol. The van der Waals surface area contributed by atoms with Crippen LogP contribution in [0.1, 0.15) is 20.8 Å². The van der Waals surface area contributed by atoms with Crippen LogP contribution in [0.2, 0.25) is 5.02 Å². The van der Waals surface area contributed by atoms with Crippen LogP contribution in [0.15, 0.2) is 18.5 Å². The predicted octanol–water partition coefficient (Wildman–Crippen LogP) is 1.77. The fourth-order valence-electron chi connectivity index (χ4n) is 2.55. The van der Waals surface area contributed by atoms with Crippen molar-refractivity contribution in [1.82, 2.24) is 15.2 Å². The third kappa shape index (κ3) is 4.08. The van der Waals surface area contributed by atoms with Crippen molar-refractivity contribution in [2.75, 3.05) is 31.1 Å². The van der Waals surface area contributed by atoms with Crippen LogP contribution < -0.4 is 10.2 Å². The number of carbonyl (C=O) groups excluding carboxylic acids is 1. The van der Waals surface area contributed by atoms with Crippen LogP contribution in [-0.4, -0.2) is 54.1 Å². The average Bonchev–Trinajstić information content (AvgIpc) is 2.46. The summed E-state index contributed by atoms with van der Waals surface area (Å²) in [5, 5.41) is 3.65. The largest absolute Gasteiger partial charge is 0.368 e. The lowest BCUT2D eigenvalue weighted by atomic mass is 10.2. The number of halogens is 1. The van der Waals surface area contributed by atoms with Crippen molar-refractivity contribution in [3.63, 3.8) is 0 Å². The molecule has 0 bridgehead atoms. The fourth-order valence-corrected chi connectivity index (χ4v) is 2.78. The Bertz CT molecular complexity index is 486. The first kappa shape index (κ1) is 16.0. The van der Waals surface area contributed by atoms with Gasteiger partial charge in [-0.05, 0) is 26.8 Å². The normalized spacial score (nSPS) is 17.9. The Balaban J connectivity index is 1.91. The molecule has 1 aliphatic heterocycles. The van der Waals surface area contributed by atoms with Gasteiger partial charge in [0.05, 0.1) is 16.8 Å². The van der Waals surface area contributed by atoms with E-state index in [1.807, 2.05) is 26.8 Å². The minimum absolute atomic E-state index is 0.0949. The second kappa shape index (κ2) is 7.09. The molecule has 1 N–H and O–H groups in total. The predicted molar refractivity (Wildman–Crippen MR) is 85.8 cm³/mol. The summed E-state index contributed by atoms with van der Waals surface area (Å²) in [4.78, 5) is 20.5. The highest BCUT2D eigenvalue weighted by atomic mass is 35.5. The van der Waals surface area contributed by atoms with Gasteiger partial charge < -0.3 is 10.2 Å². The molecule has 2 heterocycles. The highest BCUT2D eigenvalue weighted by Crippen LogP contribution is 2.25. The molecule has 1 fully saturated rings. The van der Waals surface area contributed by atoms with Crippen LogP contribution in [0.25, 0.3) is 0 Å². The maximum absolute atomic E-state index is 12.1. The van der Waals surface area contributed by atoms with E-state index in [-0.39, 0.29) is 18.0 Å². The van der Waals surface area contributed by atoms with Gasteiger partial charge in [-0.1, -0.05) is 11.6 Å². The molecule has 1 aliphatic rings. The Morgan fingerprint density at radius 1 is 1.29 bits per heavy atom. The van der Waals surface area contributed by atoms with Crippen LogP contribution >= 0.6 is 11.6 Å². The van der Waals surface area contributed by atoms with Gasteiger partial charge in [-0.25, -0.2) is 0 Å². The first-order valence-corrected chi connectivity index (χ1v) is 7.75. The molecule has 0 saturated carbocycles. The van der Waals surface area contributed by atoms with E-state index in [2.05, 4.69) is 20.1 Å². The van der Waals surface area contributed by atoms with Gasteiger partial charge in [0, 0.05) is 44.6 Å². The lowest BCUT2D eigenvalue weighted by Gasteiger charge is -2.38. The molecule has 1 aromatic rings. The Labute approximate surface area is 131 Å². The number of nitrogens with one attached hydrogen (secondary N) is 1. The van der Waals surface area contributed by atoms with Gasteiger partial charge in [-0.15, -0.1) is 0 Å². The SMILES string of the molecule is CC(C)NC(=O)[C@@H](C)N1CCN(c2ccncc2Cl)CC1. The summed E-state index contributed by atoms with van der Waals surface area (Å²) < 4.78 is 0. The molecule has 0 aliphatic carbocycles. The average molecular weight is 311 g/mol. The van der Waals surface area contributed by atoms with Gasteiger partial charge in [-0.2, -0.15) is 0 Å². The van der Waals surface area contributed by atoms with Crippen LogP contribution in [0.4, 0.5) is 5.69 Å². The van der Waals surface area contributed by atoms with Crippen LogP contribution in [0.3, 0.4) is 0 Å². The number of carbonyl (C=O) groups is 1. The number of rotatable bonds is 4. The van der Waals surface area contributed by atoms with Crippen molar-refractivity contribution in [3.8, 4) is 0 Å². The number of piperazine rings is 1. The minimum Gasteiger partial charge on any atom is -0.368 e. The second-order valence-corrected chi connectivity index (χ2v) is 6.10. The van der Waals surface area contributed by atoms with Crippen molar-refractivity contribution in [2.45, 2.75) is 32.9 Å². The van der Waals surface area contributed by atoms with Crippen LogP contribution in [-0.2, 0) is 4.79 Å². The van der Waals surface area contributed by atoms with E-state index in [0.29, 0.717) is 5.02 Å². The number of nitrogens with zero attached hydrogens (tertiary/aromatic N) is 3. The zero-order chi connectivity index (χ0) is 15.4. The molecule has 1 amide bonds. The zero-order valence-electron chi connectivity index (χ0n) is 12.8. The molecule has 0 radical (unpaired) electrons. The topological polar surface area (TPSA) is 48.5 Å². The van der Waals surface area contributed by atoms with Crippen LogP contribution in [0.5, 0.6) is 0 Å². The highest BCUT2D eigenvalue weighted by molar-refractivity contribution is 6.33. The summed E-state index contributed by atoms with van der Waals surface area (Å²) in [5.41, 5.74) is 1.02. The highest BCUT2D eigenvalue weighted by Gasteiger charge is 2.26. The minimum atomic E-state index is -0.0949. The summed E-state index contributed by atoms with van der Waals surface area (Å²) in [6, 6.07) is 2.02. The summed E-state index contributed by atoms with van der Waals surface area (Å²) in [7, 11) is 0. The van der Waals surface area contributed by atoms with E-state index in [9.17, 15) is 4.79 Å². The molecule has 1 atom stereocenters. The summed E-state index contributed by atoms with van der Waals surface area (Å²) >= 11 is 6.18. The Kier molecular flexibility index (Phi) is 5.42. The number of anilines is 1. The summed E-state index contributed by atoms with van der Waals surface area (Å²) in [6.45, 7) is 9.36. The van der Waals surface area contributed by atoms with E-state index in [1.165, 1.54) is 0 Å². The molecule has 1 aromatic heterocycles. The van der Waals surface area contributed by atoms with E-state index >= 15 is 0 Å². The quantitative estimate of drug-likeness (QED) is 0.921. The molecule has 21 heavy (non-hydrogen) atoms. The smallest absolute Gasteiger partial charge is 0.237 e. The van der Waals surface area contributed by atoms with Crippen molar-refractivity contribution in [1.29, 1.82) is 0 Å². The molecule has 2 rings (SSSR count). The van der Waals surface area contributed by atoms with Crippen LogP contribution in [0, 0.1) is 0 Å². The Morgan fingerprint density at radius 2 is 1.95 bits per heavy atom. The lowest BCUT2D eigenvalue weighted by molar-refractivity contribution is -0.126. The third-order valence-electron chi connectivity index (χ3n) is 3.76. The van der Waals surface area contributed by atoms with E-state index < -0.39 is 0 Å². The Morgan fingerprint density at radius 3 is 2.52 bits per heavy atom. The number of pyridine rings is 1. The van der Waals surface area contributed by atoms with Gasteiger partial charge in [0.25, 0.3) is 0 Å². The number of amides is 1. The molecule has 6 heteroatoms. The zero-order valence-corrected chi connectivity index (χ0v) is 13.6. The van der Waals surface area contributed by atoms with Gasteiger partial charge in [0.15, 0.2) is 0 Å². The van der Waals surface area contributed by atoms with Crippen molar-refractivity contribution in [3.05, 3.63) is 23.5 Å². The molecule has 0 spiro atoms. The first-order chi connectivity index (χ1) is 9.99. The maximum Gasteiger partial charge on any atom is 0.237 e. The Hall–Kier alpha value is -1.33. The van der Waals surface area contributed by atoms with Gasteiger partial charge in [-0.3, -0.25) is 14.7 Å². The van der Waals surface area contributed by atoms with E-state index in [4.69, 9.17) is 11.6 Å². The number of aromatic nitrogens is 1. The maximum atomic E-state index is 12.1. The standard InChI is InChI=1S/C15H23ClN4O/c1-11(2)18-15(21)12(3)19-6-8-20(9-7-19)14-4-5-17-10-13(14)16/h4-5,10-12H,6-9H2,1-3H3,(H,18,21)/t12-/m1/s1. The number of hydrogen-bond acceptors (Lipinski definition) is 4. The summed E-state index contributed by atoms with van der Waals surface area (Å²) in [5.74, 6) is 0.0976. The molecule has 5 nitrogen and oxygen atoms in total. The molecule has 0 unspecified atom stereocenters. The lowest BCUT2D eigenvalue weighted by Crippen LogP contribution is -2.54. The van der Waals surface area contributed by atoms with Crippen molar-refractivity contribution >= 4 is 23.2 Å². The second-order valence-electron chi connectivity index (χ2n) is 5.69. The van der Waals surface area contributed by atoms with Crippen molar-refractivity contribution < 1.29 is 4.79 Å². The summed E-state index contributed by atoms with van der Waals surface area (Å²) in [6.07, 6.45) is 3.42. The van der Waals surface area contributed by atoms with Crippen molar-refractivity contribution in [2.24, 2.45) is 0 Å².